The van der Waals surface area contributed by atoms with Crippen LogP contribution in [0.2, 0.25) is 0 Å². The van der Waals surface area contributed by atoms with E-state index in [1.54, 1.807) is 0 Å². The van der Waals surface area contributed by atoms with Crippen molar-refractivity contribution in [1.82, 2.24) is 9.97 Å². The Morgan fingerprint density at radius 1 is 0.882 bits per heavy atom. The number of hydrogen-bond donors (Lipinski definition) is 1. The lowest BCUT2D eigenvalue weighted by atomic mass is 10.1. The molecule has 0 atom stereocenters. The summed E-state index contributed by atoms with van der Waals surface area (Å²) in [6, 6.07) is 10.3. The van der Waals surface area contributed by atoms with E-state index in [0.29, 0.717) is 5.82 Å². The molecule has 3 nitrogen and oxygen atoms in total. The fourth-order valence-electron chi connectivity index (χ4n) is 2.04. The number of pyridine rings is 2. The number of hydrogen-bond acceptors (Lipinski definition) is 3. The van der Waals surface area contributed by atoms with Crippen LogP contribution >= 0.6 is 0 Å². The van der Waals surface area contributed by atoms with Gasteiger partial charge >= 0.3 is 0 Å². The maximum Gasteiger partial charge on any atom is 0.127 e. The maximum atomic E-state index is 5.88. The first-order valence-corrected chi connectivity index (χ1v) is 5.58. The Morgan fingerprint density at radius 2 is 1.53 bits per heavy atom. The van der Waals surface area contributed by atoms with E-state index < -0.39 is 0 Å². The zero-order chi connectivity index (χ0) is 12.0. The topological polar surface area (TPSA) is 51.8 Å². The highest BCUT2D eigenvalue weighted by atomic mass is 14.9. The van der Waals surface area contributed by atoms with Crippen LogP contribution in [-0.2, 0) is 0 Å². The number of aromatic nitrogens is 2. The molecule has 0 saturated carbocycles. The van der Waals surface area contributed by atoms with Gasteiger partial charge in [-0.2, -0.15) is 0 Å². The monoisotopic (exact) mass is 223 g/mol. The van der Waals surface area contributed by atoms with Crippen molar-refractivity contribution in [1.29, 1.82) is 0 Å². The Balaban J connectivity index is 2.53. The van der Waals surface area contributed by atoms with Crippen LogP contribution in [0.1, 0.15) is 11.3 Å². The van der Waals surface area contributed by atoms with Gasteiger partial charge in [-0.15, -0.1) is 0 Å². The molecule has 2 N–H and O–H groups in total. The summed E-state index contributed by atoms with van der Waals surface area (Å²) in [7, 11) is 0. The van der Waals surface area contributed by atoms with Crippen molar-refractivity contribution >= 4 is 27.6 Å². The molecule has 0 fully saturated rings. The minimum atomic E-state index is 0.577. The number of nitrogens with two attached hydrogens (primary N) is 1. The smallest absolute Gasteiger partial charge is 0.127 e. The average molecular weight is 223 g/mol. The van der Waals surface area contributed by atoms with Crippen LogP contribution in [0.25, 0.3) is 21.8 Å². The van der Waals surface area contributed by atoms with Crippen molar-refractivity contribution in [2.24, 2.45) is 0 Å². The quantitative estimate of drug-likeness (QED) is 0.596. The summed E-state index contributed by atoms with van der Waals surface area (Å²) in [6.45, 7) is 3.95. The van der Waals surface area contributed by atoms with Crippen molar-refractivity contribution in [3.8, 4) is 0 Å². The molecule has 2 aromatic heterocycles. The van der Waals surface area contributed by atoms with E-state index in [1.165, 1.54) is 0 Å². The number of fused-ring (bicyclic) bond motifs is 3. The van der Waals surface area contributed by atoms with Crippen molar-refractivity contribution in [3.05, 3.63) is 41.6 Å². The van der Waals surface area contributed by atoms with E-state index in [4.69, 9.17) is 5.73 Å². The first kappa shape index (κ1) is 10.0. The number of aryl methyl sites for hydroxylation is 2. The number of benzene rings is 1. The molecule has 0 bridgehead atoms. The summed E-state index contributed by atoms with van der Waals surface area (Å²) in [6.07, 6.45) is 0. The lowest BCUT2D eigenvalue weighted by Crippen LogP contribution is -1.96. The van der Waals surface area contributed by atoms with Crippen LogP contribution in [-0.4, -0.2) is 9.97 Å². The zero-order valence-corrected chi connectivity index (χ0v) is 9.86. The molecule has 0 radical (unpaired) electrons. The van der Waals surface area contributed by atoms with E-state index in [9.17, 15) is 0 Å². The van der Waals surface area contributed by atoms with E-state index in [0.717, 1.165) is 33.1 Å². The van der Waals surface area contributed by atoms with Gasteiger partial charge in [-0.05, 0) is 31.5 Å². The molecule has 3 rings (SSSR count). The van der Waals surface area contributed by atoms with Crippen LogP contribution in [0.4, 0.5) is 5.82 Å². The lowest BCUT2D eigenvalue weighted by molar-refractivity contribution is 1.25. The number of rotatable bonds is 0. The first-order chi connectivity index (χ1) is 8.15. The van der Waals surface area contributed by atoms with Gasteiger partial charge in [-0.1, -0.05) is 18.2 Å². The second-order valence-corrected chi connectivity index (χ2v) is 4.35. The Kier molecular flexibility index (Phi) is 2.01. The molecule has 1 aromatic carbocycles. The normalized spacial score (nSPS) is 11.2. The molecule has 0 aliphatic heterocycles. The van der Waals surface area contributed by atoms with Gasteiger partial charge < -0.3 is 5.73 Å². The molecule has 84 valence electrons. The van der Waals surface area contributed by atoms with Gasteiger partial charge in [0.2, 0.25) is 0 Å². The van der Waals surface area contributed by atoms with Gasteiger partial charge in [0.15, 0.2) is 0 Å². The highest BCUT2D eigenvalue weighted by Gasteiger charge is 2.06. The van der Waals surface area contributed by atoms with Crippen LogP contribution in [0, 0.1) is 13.8 Å². The van der Waals surface area contributed by atoms with Crippen LogP contribution < -0.4 is 5.73 Å². The SMILES string of the molecule is Cc1ccc2ccc3cc(C)c(N)nc3c2n1. The third-order valence-electron chi connectivity index (χ3n) is 3.01. The fourth-order valence-corrected chi connectivity index (χ4v) is 2.04. The molecule has 3 aromatic rings. The second-order valence-electron chi connectivity index (χ2n) is 4.35. The van der Waals surface area contributed by atoms with E-state index in [1.807, 2.05) is 19.9 Å². The third kappa shape index (κ3) is 1.51. The van der Waals surface area contributed by atoms with Gasteiger partial charge in [-0.25, -0.2) is 4.98 Å². The number of nitrogen functional groups attached to an aromatic ring is 1. The minimum absolute atomic E-state index is 0.577. The highest BCUT2D eigenvalue weighted by Crippen LogP contribution is 2.25. The Morgan fingerprint density at radius 3 is 2.35 bits per heavy atom. The molecule has 0 amide bonds. The van der Waals surface area contributed by atoms with Crippen LogP contribution in [0.15, 0.2) is 30.3 Å². The van der Waals surface area contributed by atoms with E-state index in [2.05, 4.69) is 34.2 Å². The summed E-state index contributed by atoms with van der Waals surface area (Å²) in [5, 5.41) is 2.18. The summed E-state index contributed by atoms with van der Waals surface area (Å²) in [5.41, 5.74) is 9.68. The second kappa shape index (κ2) is 3.42. The van der Waals surface area contributed by atoms with Crippen molar-refractivity contribution in [3.63, 3.8) is 0 Å². The van der Waals surface area contributed by atoms with Gasteiger partial charge in [0.1, 0.15) is 5.82 Å². The molecule has 0 saturated heterocycles. The van der Waals surface area contributed by atoms with E-state index >= 15 is 0 Å². The molecular weight excluding hydrogens is 210 g/mol. The fraction of sp³-hybridized carbons (Fsp3) is 0.143. The van der Waals surface area contributed by atoms with Crippen LogP contribution in [0.3, 0.4) is 0 Å². The molecular formula is C14H13N3. The lowest BCUT2D eigenvalue weighted by Gasteiger charge is -2.06. The molecule has 0 aliphatic carbocycles. The zero-order valence-electron chi connectivity index (χ0n) is 9.86. The molecule has 17 heavy (non-hydrogen) atoms. The summed E-state index contributed by atoms with van der Waals surface area (Å²) in [5.74, 6) is 0.577. The minimum Gasteiger partial charge on any atom is -0.383 e. The molecule has 0 aliphatic rings. The average Bonchev–Trinajstić information content (AvgIpc) is 2.31. The third-order valence-corrected chi connectivity index (χ3v) is 3.01. The van der Waals surface area contributed by atoms with E-state index in [-0.39, 0.29) is 0 Å². The predicted molar refractivity (Wildman–Crippen MR) is 70.9 cm³/mol. The standard InChI is InChI=1S/C14H13N3/c1-8-7-11-6-5-10-4-3-9(2)16-12(10)13(11)17-14(8)15/h3-7H,1-2H3,(H2,15,17). The number of nitrogens with zero attached hydrogens (tertiary/aromatic N) is 2. The molecule has 0 spiro atoms. The molecule has 3 heteroatoms. The highest BCUT2D eigenvalue weighted by molar-refractivity contribution is 6.03. The Hall–Kier alpha value is -2.16. The van der Waals surface area contributed by atoms with Gasteiger partial charge in [0.05, 0.1) is 11.0 Å². The summed E-state index contributed by atoms with van der Waals surface area (Å²) in [4.78, 5) is 9.02. The van der Waals surface area contributed by atoms with Gasteiger partial charge in [-0.3, -0.25) is 4.98 Å². The predicted octanol–water partition coefficient (Wildman–Crippen LogP) is 2.98. The van der Waals surface area contributed by atoms with Crippen molar-refractivity contribution in [2.45, 2.75) is 13.8 Å². The number of anilines is 1. The van der Waals surface area contributed by atoms with Gasteiger partial charge in [0, 0.05) is 16.5 Å². The maximum absolute atomic E-state index is 5.88. The van der Waals surface area contributed by atoms with Crippen LogP contribution in [0.5, 0.6) is 0 Å². The van der Waals surface area contributed by atoms with Gasteiger partial charge in [0.25, 0.3) is 0 Å². The van der Waals surface area contributed by atoms with Crippen molar-refractivity contribution < 1.29 is 0 Å². The Labute approximate surface area is 99.3 Å². The van der Waals surface area contributed by atoms with Crippen molar-refractivity contribution in [2.75, 3.05) is 5.73 Å². The largest absolute Gasteiger partial charge is 0.383 e. The molecule has 0 unspecified atom stereocenters. The Bertz CT molecular complexity index is 732. The first-order valence-electron chi connectivity index (χ1n) is 5.58. The summed E-state index contributed by atoms with van der Waals surface area (Å²) < 4.78 is 0. The molecule has 2 heterocycles. The summed E-state index contributed by atoms with van der Waals surface area (Å²) >= 11 is 0.